The number of furan rings is 2. The molecule has 2 bridgehead atoms. The van der Waals surface area contributed by atoms with Gasteiger partial charge in [0, 0.05) is 6.07 Å². The quantitative estimate of drug-likeness (QED) is 0.442. The lowest BCUT2D eigenvalue weighted by Gasteiger charge is -1.99. The van der Waals surface area contributed by atoms with Crippen LogP contribution in [0.4, 0.5) is 0 Å². The largest absolute Gasteiger partial charge is 0.448 e. The van der Waals surface area contributed by atoms with Gasteiger partial charge >= 0.3 is 11.9 Å². The van der Waals surface area contributed by atoms with Crippen molar-refractivity contribution in [3.05, 3.63) is 11.6 Å². The van der Waals surface area contributed by atoms with Crippen LogP contribution in [0.5, 0.6) is 11.5 Å². The highest BCUT2D eigenvalue weighted by molar-refractivity contribution is 6.26. The summed E-state index contributed by atoms with van der Waals surface area (Å²) in [5.41, 5.74) is 1.01. The van der Waals surface area contributed by atoms with Gasteiger partial charge in [-0.1, -0.05) is 0 Å². The van der Waals surface area contributed by atoms with E-state index in [0.29, 0.717) is 16.7 Å². The topological polar surface area (TPSA) is 65.7 Å². The van der Waals surface area contributed by atoms with Crippen molar-refractivity contribution < 1.29 is 23.5 Å². The minimum Gasteiger partial charge on any atom is -0.448 e. The highest BCUT2D eigenvalue weighted by Crippen LogP contribution is 2.48. The average Bonchev–Trinajstić information content (AvgIpc) is 2.81. The summed E-state index contributed by atoms with van der Waals surface area (Å²) < 4.78 is 14.9. The second-order valence-corrected chi connectivity index (χ2v) is 3.28. The fraction of sp³-hybridized carbons (Fsp3) is 0.111. The molecule has 6 heteroatoms. The minimum atomic E-state index is -0.624. The van der Waals surface area contributed by atoms with Crippen LogP contribution in [0.2, 0.25) is 0 Å². The highest BCUT2D eigenvalue weighted by atomic mass is 35.5. The summed E-state index contributed by atoms with van der Waals surface area (Å²) in [4.78, 5) is 22.2. The maximum atomic E-state index is 11.2. The molecule has 0 radical (unpaired) electrons. The van der Waals surface area contributed by atoms with Crippen LogP contribution in [0, 0.1) is 0 Å². The van der Waals surface area contributed by atoms with Gasteiger partial charge in [0.1, 0.15) is 11.4 Å². The zero-order valence-electron chi connectivity index (χ0n) is 7.20. The van der Waals surface area contributed by atoms with E-state index in [0.717, 1.165) is 0 Å². The molecule has 76 valence electrons. The Bertz CT molecular complexity index is 570. The maximum Gasteiger partial charge on any atom is 0.347 e. The summed E-state index contributed by atoms with van der Waals surface area (Å²) in [6.45, 7) is 0. The molecule has 0 spiro atoms. The number of rotatable bonds is 2. The molecule has 0 fully saturated rings. The van der Waals surface area contributed by atoms with Gasteiger partial charge in [0.2, 0.25) is 11.5 Å². The van der Waals surface area contributed by atoms with E-state index in [1.807, 2.05) is 0 Å². The van der Waals surface area contributed by atoms with E-state index in [2.05, 4.69) is 0 Å². The van der Waals surface area contributed by atoms with Crippen LogP contribution in [-0.2, 0) is 4.79 Å². The van der Waals surface area contributed by atoms with E-state index in [4.69, 9.17) is 25.5 Å². The van der Waals surface area contributed by atoms with Crippen molar-refractivity contribution in [2.45, 2.75) is 0 Å². The maximum absolute atomic E-state index is 11.2. The first kappa shape index (κ1) is 8.55. The molecule has 0 saturated carbocycles. The molecule has 5 nitrogen and oxygen atoms in total. The first-order chi connectivity index (χ1) is 7.20. The lowest BCUT2D eigenvalue weighted by molar-refractivity contribution is -0.131. The lowest BCUT2D eigenvalue weighted by atomic mass is 10.2. The number of benzene rings is 1. The molecule has 0 N–H and O–H groups in total. The number of ether oxygens (including phenoxy) is 2. The molecule has 3 rings (SSSR count). The van der Waals surface area contributed by atoms with Gasteiger partial charge in [0.05, 0.1) is 0 Å². The molecule has 3 heterocycles. The highest BCUT2D eigenvalue weighted by Gasteiger charge is 2.36. The van der Waals surface area contributed by atoms with Crippen molar-refractivity contribution in [2.75, 3.05) is 5.88 Å². The molecule has 0 aromatic carbocycles. The van der Waals surface area contributed by atoms with E-state index in [1.54, 1.807) is 0 Å². The van der Waals surface area contributed by atoms with Crippen molar-refractivity contribution in [3.63, 3.8) is 0 Å². The summed E-state index contributed by atoms with van der Waals surface area (Å²) in [5.74, 6) is -1.09. The molecule has 1 aliphatic rings. The van der Waals surface area contributed by atoms with Gasteiger partial charge in [-0.25, -0.2) is 4.79 Å². The van der Waals surface area contributed by atoms with Crippen LogP contribution in [-0.4, -0.2) is 17.8 Å². The molecular weight excluding hydrogens is 224 g/mol. The van der Waals surface area contributed by atoms with E-state index < -0.39 is 11.9 Å². The zero-order chi connectivity index (χ0) is 10.6. The van der Waals surface area contributed by atoms with Crippen molar-refractivity contribution >= 4 is 34.7 Å². The number of halogens is 1. The van der Waals surface area contributed by atoms with Gasteiger partial charge in [-0.3, -0.25) is 4.79 Å². The summed E-state index contributed by atoms with van der Waals surface area (Å²) in [5, 5.41) is 0. The first-order valence-corrected chi connectivity index (χ1v) is 4.62. The van der Waals surface area contributed by atoms with E-state index in [1.165, 1.54) is 6.07 Å². The number of hydrogen-bond donors (Lipinski definition) is 0. The molecular formula is C9H3ClO5. The number of fused-ring (bicyclic) bond motifs is 1. The second kappa shape index (κ2) is 2.64. The average molecular weight is 227 g/mol. The molecule has 0 unspecified atom stereocenters. The molecule has 1 aliphatic heterocycles. The smallest absolute Gasteiger partial charge is 0.347 e. The number of carbonyl (C=O) groups is 2. The Morgan fingerprint density at radius 2 is 2.33 bits per heavy atom. The van der Waals surface area contributed by atoms with Crippen molar-refractivity contribution in [1.29, 1.82) is 0 Å². The molecule has 2 aromatic heterocycles. The molecule has 0 saturated heterocycles. The monoisotopic (exact) mass is 226 g/mol. The Balaban J connectivity index is 2.09. The zero-order valence-corrected chi connectivity index (χ0v) is 7.96. The number of alkyl halides is 1. The third kappa shape index (κ3) is 0.979. The summed E-state index contributed by atoms with van der Waals surface area (Å²) in [7, 11) is 0. The van der Waals surface area contributed by atoms with Crippen LogP contribution in [0.3, 0.4) is 0 Å². The summed E-state index contributed by atoms with van der Waals surface area (Å²) in [6, 6.07) is 1.48. The van der Waals surface area contributed by atoms with Gasteiger partial charge in [-0.2, -0.15) is 0 Å². The van der Waals surface area contributed by atoms with Gasteiger partial charge in [-0.05, 0) is 0 Å². The molecule has 0 aliphatic carbocycles. The van der Waals surface area contributed by atoms with Crippen molar-refractivity contribution in [1.82, 2.24) is 0 Å². The van der Waals surface area contributed by atoms with E-state index in [9.17, 15) is 9.59 Å². The molecule has 2 aromatic rings. The van der Waals surface area contributed by atoms with Crippen LogP contribution in [0.1, 0.15) is 10.4 Å². The fourth-order valence-corrected chi connectivity index (χ4v) is 1.57. The van der Waals surface area contributed by atoms with Gasteiger partial charge in [0.25, 0.3) is 0 Å². The minimum absolute atomic E-state index is 0.130. The Labute approximate surface area is 87.8 Å². The molecule has 0 atom stereocenters. The number of carbonyl (C=O) groups excluding carboxylic acids is 2. The SMILES string of the molecule is O=C(CCl)Oc1c2c3oc1cc3C(=O)O2. The third-order valence-corrected chi connectivity index (χ3v) is 2.33. The second-order valence-electron chi connectivity index (χ2n) is 3.01. The third-order valence-electron chi connectivity index (χ3n) is 2.11. The van der Waals surface area contributed by atoms with Crippen molar-refractivity contribution in [2.24, 2.45) is 0 Å². The van der Waals surface area contributed by atoms with E-state index in [-0.39, 0.29) is 17.4 Å². The van der Waals surface area contributed by atoms with Gasteiger partial charge in [0.15, 0.2) is 11.2 Å². The van der Waals surface area contributed by atoms with Crippen LogP contribution < -0.4 is 9.47 Å². The predicted octanol–water partition coefficient (Wildman–Crippen LogP) is 1.55. The van der Waals surface area contributed by atoms with Crippen LogP contribution in [0.15, 0.2) is 10.5 Å². The predicted molar refractivity (Wildman–Crippen MR) is 48.7 cm³/mol. The fourth-order valence-electron chi connectivity index (χ4n) is 1.52. The van der Waals surface area contributed by atoms with Crippen LogP contribution in [0.25, 0.3) is 11.2 Å². The summed E-state index contributed by atoms with van der Waals surface area (Å²) >= 11 is 5.29. The van der Waals surface area contributed by atoms with E-state index >= 15 is 0 Å². The van der Waals surface area contributed by atoms with Crippen LogP contribution >= 0.6 is 11.6 Å². The number of esters is 2. The first-order valence-electron chi connectivity index (χ1n) is 4.08. The molecule has 0 amide bonds. The van der Waals surface area contributed by atoms with Gasteiger partial charge < -0.3 is 13.9 Å². The molecule has 15 heavy (non-hydrogen) atoms. The summed E-state index contributed by atoms with van der Waals surface area (Å²) in [6.07, 6.45) is 0. The normalized spacial score (nSPS) is 13.5. The van der Waals surface area contributed by atoms with Crippen molar-refractivity contribution in [3.8, 4) is 11.5 Å². The number of hydrogen-bond acceptors (Lipinski definition) is 5. The Hall–Kier alpha value is -1.75. The van der Waals surface area contributed by atoms with Gasteiger partial charge in [-0.15, -0.1) is 11.6 Å². The Morgan fingerprint density at radius 1 is 1.53 bits per heavy atom. The Morgan fingerprint density at radius 3 is 3.07 bits per heavy atom. The lowest BCUT2D eigenvalue weighted by Crippen LogP contribution is -2.09. The Kier molecular flexibility index (Phi) is 1.50. The standard InChI is InChI=1S/C9H3ClO5/c10-2-5(11)14-7-4-1-3-6(13-4)8(7)15-9(3)12/h1H,2H2.